The van der Waals surface area contributed by atoms with Gasteiger partial charge in [-0.3, -0.25) is 9.69 Å². The molecular weight excluding hydrogens is 434 g/mol. The van der Waals surface area contributed by atoms with E-state index >= 15 is 0 Å². The molecule has 5 nitrogen and oxygen atoms in total. The van der Waals surface area contributed by atoms with E-state index in [-0.39, 0.29) is 17.7 Å². The average Bonchev–Trinajstić information content (AvgIpc) is 3.53. The van der Waals surface area contributed by atoms with E-state index in [9.17, 15) is 22.0 Å². The molecule has 3 aliphatic rings. The highest BCUT2D eigenvalue weighted by Crippen LogP contribution is 2.59. The van der Waals surface area contributed by atoms with Gasteiger partial charge in [-0.2, -0.15) is 4.31 Å². The van der Waals surface area contributed by atoms with Crippen LogP contribution in [0.3, 0.4) is 0 Å². The number of ketones is 1. The molecule has 0 aromatic heterocycles. The number of rotatable bonds is 8. The lowest BCUT2D eigenvalue weighted by molar-refractivity contribution is 0.00224. The number of piperazine rings is 1. The molecule has 0 N–H and O–H groups in total. The molecule has 0 unspecified atom stereocenters. The molecule has 178 valence electrons. The van der Waals surface area contributed by atoms with E-state index < -0.39 is 33.0 Å². The van der Waals surface area contributed by atoms with E-state index in [0.29, 0.717) is 44.4 Å². The van der Waals surface area contributed by atoms with E-state index in [2.05, 4.69) is 4.90 Å². The van der Waals surface area contributed by atoms with Crippen molar-refractivity contribution in [2.45, 2.75) is 70.3 Å². The molecule has 8 heteroatoms. The Bertz CT molecular complexity index is 924. The molecule has 1 aromatic carbocycles. The monoisotopic (exact) mass is 468 g/mol. The molecule has 0 radical (unpaired) electrons. The molecule has 2 saturated carbocycles. The molecule has 1 spiro atoms. The number of halogens is 2. The number of hydrogen-bond acceptors (Lipinski definition) is 4. The summed E-state index contributed by atoms with van der Waals surface area (Å²) in [4.78, 5) is 15.1. The van der Waals surface area contributed by atoms with Crippen molar-refractivity contribution in [3.63, 3.8) is 0 Å². The van der Waals surface area contributed by atoms with Gasteiger partial charge in [0.15, 0.2) is 5.78 Å². The van der Waals surface area contributed by atoms with Crippen LogP contribution >= 0.6 is 0 Å². The van der Waals surface area contributed by atoms with Crippen LogP contribution in [0.4, 0.5) is 8.78 Å². The Morgan fingerprint density at radius 3 is 2.06 bits per heavy atom. The Kier molecular flexibility index (Phi) is 6.76. The van der Waals surface area contributed by atoms with Crippen molar-refractivity contribution in [3.05, 3.63) is 35.4 Å². The van der Waals surface area contributed by atoms with Gasteiger partial charge < -0.3 is 0 Å². The van der Waals surface area contributed by atoms with Gasteiger partial charge in [0.25, 0.3) is 0 Å². The molecule has 3 fully saturated rings. The van der Waals surface area contributed by atoms with Crippen LogP contribution in [0.2, 0.25) is 0 Å². The first-order chi connectivity index (χ1) is 15.2. The van der Waals surface area contributed by atoms with Gasteiger partial charge in [-0.25, -0.2) is 17.2 Å². The summed E-state index contributed by atoms with van der Waals surface area (Å²) in [5, 5.41) is 0. The summed E-state index contributed by atoms with van der Waals surface area (Å²) in [5.74, 6) is -1.93. The maximum Gasteiger partial charge on any atom is 0.214 e. The lowest BCUT2D eigenvalue weighted by atomic mass is 9.71. The summed E-state index contributed by atoms with van der Waals surface area (Å²) in [5.41, 5.74) is -0.170. The Balaban J connectivity index is 1.47. The van der Waals surface area contributed by atoms with E-state index in [0.717, 1.165) is 37.8 Å². The van der Waals surface area contributed by atoms with Crippen molar-refractivity contribution in [1.29, 1.82) is 0 Å². The Morgan fingerprint density at radius 1 is 0.969 bits per heavy atom. The van der Waals surface area contributed by atoms with E-state index in [1.807, 2.05) is 6.92 Å². The predicted octanol–water partition coefficient (Wildman–Crippen LogP) is 4.38. The topological polar surface area (TPSA) is 57.7 Å². The summed E-state index contributed by atoms with van der Waals surface area (Å²) < 4.78 is 54.7. The number of carbonyl (C=O) groups excluding carboxylic acids is 1. The van der Waals surface area contributed by atoms with E-state index in [4.69, 9.17) is 0 Å². The molecule has 0 bridgehead atoms. The van der Waals surface area contributed by atoms with Crippen molar-refractivity contribution in [1.82, 2.24) is 9.21 Å². The van der Waals surface area contributed by atoms with E-state index in [1.54, 1.807) is 4.31 Å². The molecule has 0 amide bonds. The second-order valence-corrected chi connectivity index (χ2v) is 12.0. The van der Waals surface area contributed by atoms with Gasteiger partial charge >= 0.3 is 0 Å². The number of hydrogen-bond donors (Lipinski definition) is 0. The zero-order valence-corrected chi connectivity index (χ0v) is 19.7. The number of benzene rings is 1. The first kappa shape index (κ1) is 23.8. The van der Waals surface area contributed by atoms with Gasteiger partial charge in [0.05, 0.1) is 11.3 Å². The minimum atomic E-state index is -3.22. The van der Waals surface area contributed by atoms with Crippen LogP contribution in [-0.4, -0.2) is 60.9 Å². The first-order valence-corrected chi connectivity index (χ1v) is 13.5. The van der Waals surface area contributed by atoms with Crippen LogP contribution in [0.25, 0.3) is 0 Å². The molecule has 32 heavy (non-hydrogen) atoms. The molecule has 0 atom stereocenters. The summed E-state index contributed by atoms with van der Waals surface area (Å²) >= 11 is 0. The van der Waals surface area contributed by atoms with Gasteiger partial charge in [0, 0.05) is 38.1 Å². The average molecular weight is 469 g/mol. The third-order valence-corrected chi connectivity index (χ3v) is 10.1. The Hall–Kier alpha value is -1.38. The highest BCUT2D eigenvalue weighted by molar-refractivity contribution is 7.89. The Labute approximate surface area is 190 Å². The first-order valence-electron chi connectivity index (χ1n) is 11.9. The van der Waals surface area contributed by atoms with Crippen LogP contribution in [0, 0.1) is 17.0 Å². The minimum absolute atomic E-state index is 0.0964. The van der Waals surface area contributed by atoms with Crippen molar-refractivity contribution in [3.8, 4) is 0 Å². The second-order valence-electron chi connectivity index (χ2n) is 9.95. The third kappa shape index (κ3) is 4.77. The fraction of sp³-hybridized carbons (Fsp3) is 0.708. The lowest BCUT2D eigenvalue weighted by Crippen LogP contribution is -2.59. The number of nitrogens with zero attached hydrogens (tertiary/aromatic N) is 2. The largest absolute Gasteiger partial charge is 0.295 e. The standard InChI is InChI=1S/C24H34F2N2O3S/c1-2-18-32(30,31)28-16-14-27(15-17-28)24(12-10-23(8-9-23)11-13-24)7-6-21(29)22-19(25)4-3-5-20(22)26/h3-5H,2,6-18H2,1H3. The van der Waals surface area contributed by atoms with Crippen molar-refractivity contribution >= 4 is 15.8 Å². The van der Waals surface area contributed by atoms with Crippen molar-refractivity contribution in [2.75, 3.05) is 31.9 Å². The summed E-state index contributed by atoms with van der Waals surface area (Å²) in [6.45, 7) is 4.07. The minimum Gasteiger partial charge on any atom is -0.295 e. The smallest absolute Gasteiger partial charge is 0.214 e. The van der Waals surface area contributed by atoms with Gasteiger partial charge in [-0.1, -0.05) is 13.0 Å². The fourth-order valence-electron chi connectivity index (χ4n) is 5.71. The molecule has 1 heterocycles. The van der Waals surface area contributed by atoms with Gasteiger partial charge in [0.1, 0.15) is 11.6 Å². The molecule has 1 aromatic rings. The molecular formula is C24H34F2N2O3S. The van der Waals surface area contributed by atoms with Crippen molar-refractivity contribution < 1.29 is 22.0 Å². The molecule has 1 saturated heterocycles. The zero-order chi connectivity index (χ0) is 23.0. The summed E-state index contributed by atoms with van der Waals surface area (Å²) in [7, 11) is -3.22. The van der Waals surface area contributed by atoms with Gasteiger partial charge in [0.2, 0.25) is 10.0 Å². The normalized spacial score (nSPS) is 23.3. The van der Waals surface area contributed by atoms with Crippen LogP contribution in [-0.2, 0) is 10.0 Å². The molecule has 4 rings (SSSR count). The van der Waals surface area contributed by atoms with Gasteiger partial charge in [-0.05, 0) is 68.9 Å². The number of sulfonamides is 1. The maximum atomic E-state index is 14.1. The van der Waals surface area contributed by atoms with Crippen LogP contribution in [0.5, 0.6) is 0 Å². The predicted molar refractivity (Wildman–Crippen MR) is 120 cm³/mol. The van der Waals surface area contributed by atoms with Crippen LogP contribution < -0.4 is 0 Å². The zero-order valence-electron chi connectivity index (χ0n) is 18.9. The van der Waals surface area contributed by atoms with Gasteiger partial charge in [-0.15, -0.1) is 0 Å². The summed E-state index contributed by atoms with van der Waals surface area (Å²) in [6.07, 6.45) is 7.94. The van der Waals surface area contributed by atoms with Crippen LogP contribution in [0.15, 0.2) is 18.2 Å². The fourth-order valence-corrected chi connectivity index (χ4v) is 7.20. The SMILES string of the molecule is CCCS(=O)(=O)N1CCN(C2(CCC(=O)c3c(F)cccc3F)CCC3(CC3)CC2)CC1. The summed E-state index contributed by atoms with van der Waals surface area (Å²) in [6, 6.07) is 3.52. The second kappa shape index (κ2) is 9.11. The lowest BCUT2D eigenvalue weighted by Gasteiger charge is -2.51. The maximum absolute atomic E-state index is 14.1. The highest BCUT2D eigenvalue weighted by Gasteiger charge is 2.51. The Morgan fingerprint density at radius 2 is 1.53 bits per heavy atom. The van der Waals surface area contributed by atoms with Crippen molar-refractivity contribution in [2.24, 2.45) is 5.41 Å². The third-order valence-electron chi connectivity index (χ3n) is 8.02. The number of carbonyl (C=O) groups is 1. The van der Waals surface area contributed by atoms with Crippen LogP contribution in [0.1, 0.15) is 75.1 Å². The molecule has 1 aliphatic heterocycles. The highest BCUT2D eigenvalue weighted by atomic mass is 32.2. The molecule has 2 aliphatic carbocycles. The quantitative estimate of drug-likeness (QED) is 0.532. The number of Topliss-reactive ketones (excluding diaryl/α,β-unsaturated/α-hetero) is 1. The van der Waals surface area contributed by atoms with E-state index in [1.165, 1.54) is 18.9 Å².